The van der Waals surface area contributed by atoms with Gasteiger partial charge in [0.1, 0.15) is 6.23 Å². The number of hydrogen-bond donors (Lipinski definition) is 3. The molecular formula is C39H31N5O5S2. The minimum absolute atomic E-state index is 0.0249. The number of ether oxygens (including phenoxy) is 2. The molecule has 3 atom stereocenters. The van der Waals surface area contributed by atoms with Gasteiger partial charge >= 0.3 is 5.97 Å². The van der Waals surface area contributed by atoms with Gasteiger partial charge in [-0.15, -0.1) is 23.5 Å². The van der Waals surface area contributed by atoms with Crippen molar-refractivity contribution in [2.75, 3.05) is 7.11 Å². The van der Waals surface area contributed by atoms with E-state index in [4.69, 9.17) is 9.47 Å². The lowest BCUT2D eigenvalue weighted by atomic mass is 9.89. The van der Waals surface area contributed by atoms with Crippen LogP contribution in [0.1, 0.15) is 30.7 Å². The van der Waals surface area contributed by atoms with Crippen LogP contribution in [0, 0.1) is 0 Å². The fraction of sp³-hybridized carbons (Fsp3) is 0.205. The number of benzene rings is 3. The first-order chi connectivity index (χ1) is 24.8. The average Bonchev–Trinajstić information content (AvgIpc) is 3.86. The summed E-state index contributed by atoms with van der Waals surface area (Å²) < 4.78 is 16.3. The van der Waals surface area contributed by atoms with Gasteiger partial charge in [0.25, 0.3) is 0 Å². The number of H-pyrrole nitrogens is 1. The van der Waals surface area contributed by atoms with Crippen molar-refractivity contribution in [2.24, 2.45) is 0 Å². The summed E-state index contributed by atoms with van der Waals surface area (Å²) in [6.45, 7) is 1.78. The van der Waals surface area contributed by atoms with Crippen LogP contribution in [0.5, 0.6) is 5.88 Å². The van der Waals surface area contributed by atoms with Crippen LogP contribution in [0.15, 0.2) is 101 Å². The number of thioether (sulfide) groups is 2. The number of aromatic nitrogens is 5. The lowest BCUT2D eigenvalue weighted by Gasteiger charge is -2.37. The second-order valence-electron chi connectivity index (χ2n) is 13.3. The maximum atomic E-state index is 13.6. The number of rotatable bonds is 7. The Balaban J connectivity index is 1.29. The second-order valence-corrected chi connectivity index (χ2v) is 15.3. The second kappa shape index (κ2) is 11.0. The van der Waals surface area contributed by atoms with E-state index in [0.717, 1.165) is 70.2 Å². The number of aliphatic hydroxyl groups is 1. The maximum absolute atomic E-state index is 13.6. The van der Waals surface area contributed by atoms with Gasteiger partial charge in [0.15, 0.2) is 11.6 Å². The molecule has 5 aromatic heterocycles. The van der Waals surface area contributed by atoms with Gasteiger partial charge < -0.3 is 33.8 Å². The summed E-state index contributed by atoms with van der Waals surface area (Å²) in [5.74, 6) is 0.708. The number of carbonyl (C=O) groups is 1. The summed E-state index contributed by atoms with van der Waals surface area (Å²) in [6, 6.07) is 24.4. The largest absolute Gasteiger partial charge is 0.494 e. The lowest BCUT2D eigenvalue weighted by Crippen LogP contribution is -2.56. The standard InChI is InChI=1S/C39H31N5O5S2/c1-38-39(47,37(46)48-2)17-30(49-38)43-26-11-9-21(19-50-28-7-3-5-13-40-28)15-23(26)32-33-25(18-42-36(33)45)31-24-16-22(20-51-29-8-4-6-14-41-29)10-12-27(24)44(38)35(31)34(32)43/h3-16,18,30,42,45,47H,17,19-20H2,1-2H3. The van der Waals surface area contributed by atoms with Crippen molar-refractivity contribution < 1.29 is 24.5 Å². The van der Waals surface area contributed by atoms with Crippen LogP contribution in [0.25, 0.3) is 54.4 Å². The highest BCUT2D eigenvalue weighted by molar-refractivity contribution is 7.98. The number of hydrogen-bond acceptors (Lipinski definition) is 9. The highest BCUT2D eigenvalue weighted by atomic mass is 32.2. The third-order valence-corrected chi connectivity index (χ3v) is 12.6. The minimum Gasteiger partial charge on any atom is -0.494 e. The Labute approximate surface area is 299 Å². The van der Waals surface area contributed by atoms with Gasteiger partial charge in [-0.2, -0.15) is 0 Å². The van der Waals surface area contributed by atoms with E-state index in [1.54, 1.807) is 42.8 Å². The maximum Gasteiger partial charge on any atom is 0.343 e. The molecule has 3 unspecified atom stereocenters. The zero-order chi connectivity index (χ0) is 34.6. The molecule has 8 aromatic rings. The summed E-state index contributed by atoms with van der Waals surface area (Å²) in [5.41, 5.74) is 1.99. The topological polar surface area (TPSA) is 127 Å². The molecule has 10 nitrogen and oxygen atoms in total. The molecule has 2 aliphatic heterocycles. The fourth-order valence-electron chi connectivity index (χ4n) is 8.32. The van der Waals surface area contributed by atoms with E-state index in [-0.39, 0.29) is 12.3 Å². The van der Waals surface area contributed by atoms with E-state index in [2.05, 4.69) is 49.9 Å². The third-order valence-electron chi connectivity index (χ3n) is 10.6. The Hall–Kier alpha value is -5.01. The van der Waals surface area contributed by atoms with Crippen molar-refractivity contribution >= 4 is 83.9 Å². The van der Waals surface area contributed by atoms with Crippen molar-refractivity contribution in [2.45, 2.75) is 52.5 Å². The molecule has 0 saturated carbocycles. The van der Waals surface area contributed by atoms with Crippen molar-refractivity contribution in [3.05, 3.63) is 103 Å². The summed E-state index contributed by atoms with van der Waals surface area (Å²) in [5, 5.41) is 31.0. The number of methoxy groups -OCH3 is 1. The Morgan fingerprint density at radius 1 is 0.902 bits per heavy atom. The number of nitrogens with zero attached hydrogens (tertiary/aromatic N) is 4. The van der Waals surface area contributed by atoms with E-state index in [0.29, 0.717) is 16.9 Å². The summed E-state index contributed by atoms with van der Waals surface area (Å²) >= 11 is 3.30. The molecule has 2 aliphatic rings. The number of nitrogens with one attached hydrogen (secondary N) is 1. The molecular weight excluding hydrogens is 683 g/mol. The molecule has 1 fully saturated rings. The monoisotopic (exact) mass is 713 g/mol. The first-order valence-electron chi connectivity index (χ1n) is 16.6. The van der Waals surface area contributed by atoms with E-state index >= 15 is 0 Å². The van der Waals surface area contributed by atoms with Gasteiger partial charge in [0, 0.05) is 63.4 Å². The van der Waals surface area contributed by atoms with Crippen molar-refractivity contribution in [1.29, 1.82) is 0 Å². The first-order valence-corrected chi connectivity index (χ1v) is 18.6. The number of carbonyl (C=O) groups excluding carboxylic acids is 1. The molecule has 0 radical (unpaired) electrons. The van der Waals surface area contributed by atoms with Gasteiger partial charge in [-0.3, -0.25) is 0 Å². The molecule has 12 heteroatoms. The zero-order valence-electron chi connectivity index (χ0n) is 27.6. The molecule has 254 valence electrons. The van der Waals surface area contributed by atoms with Crippen LogP contribution < -0.4 is 0 Å². The van der Waals surface area contributed by atoms with Gasteiger partial charge in [-0.05, 0) is 66.6 Å². The molecule has 0 spiro atoms. The Morgan fingerprint density at radius 3 is 2.18 bits per heavy atom. The van der Waals surface area contributed by atoms with E-state index < -0.39 is 23.5 Å². The number of aromatic amines is 1. The molecule has 3 N–H and O–H groups in total. The highest BCUT2D eigenvalue weighted by Crippen LogP contribution is 2.58. The SMILES string of the molecule is COC(=O)C1(O)CC2OC1(C)n1c3ccc(CSc4ccccn4)cc3c3c4c[nH]c(O)c4c4c5cc(CSc6ccccn6)ccc5n2c4c31. The highest BCUT2D eigenvalue weighted by Gasteiger charge is 2.65. The van der Waals surface area contributed by atoms with E-state index in [1.807, 2.05) is 53.2 Å². The molecule has 1 saturated heterocycles. The molecule has 3 aromatic carbocycles. The van der Waals surface area contributed by atoms with Crippen molar-refractivity contribution in [1.82, 2.24) is 24.1 Å². The molecule has 10 rings (SSSR count). The van der Waals surface area contributed by atoms with Crippen LogP contribution in [0.2, 0.25) is 0 Å². The molecule has 7 heterocycles. The van der Waals surface area contributed by atoms with Crippen LogP contribution >= 0.6 is 23.5 Å². The Bertz CT molecular complexity index is 2730. The van der Waals surface area contributed by atoms with Crippen LogP contribution in [0.3, 0.4) is 0 Å². The molecule has 0 aliphatic carbocycles. The summed E-state index contributed by atoms with van der Waals surface area (Å²) in [7, 11) is 1.29. The van der Waals surface area contributed by atoms with Gasteiger partial charge in [0.2, 0.25) is 5.60 Å². The summed E-state index contributed by atoms with van der Waals surface area (Å²) in [4.78, 5) is 25.7. The van der Waals surface area contributed by atoms with Crippen LogP contribution in [0.4, 0.5) is 0 Å². The third kappa shape index (κ3) is 4.18. The van der Waals surface area contributed by atoms with Gasteiger partial charge in [-0.1, -0.05) is 24.3 Å². The predicted molar refractivity (Wildman–Crippen MR) is 199 cm³/mol. The smallest absolute Gasteiger partial charge is 0.343 e. The Kier molecular flexibility index (Phi) is 6.64. The van der Waals surface area contributed by atoms with Gasteiger partial charge in [-0.25, -0.2) is 14.8 Å². The van der Waals surface area contributed by atoms with E-state index in [9.17, 15) is 15.0 Å². The number of fused-ring (bicyclic) bond motifs is 13. The minimum atomic E-state index is -2.01. The summed E-state index contributed by atoms with van der Waals surface area (Å²) in [6.07, 6.45) is 4.70. The van der Waals surface area contributed by atoms with Crippen LogP contribution in [-0.4, -0.2) is 53.0 Å². The fourth-order valence-corrected chi connectivity index (χ4v) is 9.92. The average molecular weight is 714 g/mol. The van der Waals surface area contributed by atoms with Crippen molar-refractivity contribution in [3.63, 3.8) is 0 Å². The zero-order valence-corrected chi connectivity index (χ0v) is 29.2. The predicted octanol–water partition coefficient (Wildman–Crippen LogP) is 7.97. The van der Waals surface area contributed by atoms with E-state index in [1.165, 1.54) is 7.11 Å². The number of aromatic hydroxyl groups is 1. The normalized spacial score (nSPS) is 21.1. The van der Waals surface area contributed by atoms with Crippen LogP contribution in [-0.2, 0) is 31.5 Å². The first kappa shape index (κ1) is 30.8. The number of pyridine rings is 2. The molecule has 51 heavy (non-hydrogen) atoms. The van der Waals surface area contributed by atoms with Gasteiger partial charge in [0.05, 0.1) is 44.6 Å². The van der Waals surface area contributed by atoms with Crippen molar-refractivity contribution in [3.8, 4) is 5.88 Å². The Morgan fingerprint density at radius 2 is 1.55 bits per heavy atom. The quantitative estimate of drug-likeness (QED) is 0.111. The number of esters is 1. The molecule has 0 amide bonds. The lowest BCUT2D eigenvalue weighted by molar-refractivity contribution is -0.202. The molecule has 2 bridgehead atoms.